The van der Waals surface area contributed by atoms with E-state index in [1.54, 1.807) is 0 Å². The lowest BCUT2D eigenvalue weighted by atomic mass is 9.93. The third-order valence-corrected chi connectivity index (χ3v) is 5.85. The molecule has 2 aromatic rings. The van der Waals surface area contributed by atoms with Crippen LogP contribution in [0.25, 0.3) is 0 Å². The zero-order valence-corrected chi connectivity index (χ0v) is 17.3. The second-order valence-electron chi connectivity index (χ2n) is 7.85. The highest BCUT2D eigenvalue weighted by atomic mass is 16.6. The lowest BCUT2D eigenvalue weighted by Crippen LogP contribution is -2.36. The van der Waals surface area contributed by atoms with Crippen LogP contribution in [0.1, 0.15) is 17.2 Å². The fourth-order valence-electron chi connectivity index (χ4n) is 4.13. The fourth-order valence-corrected chi connectivity index (χ4v) is 4.13. The number of pyridine rings is 1. The van der Waals surface area contributed by atoms with Crippen molar-refractivity contribution in [2.24, 2.45) is 5.92 Å². The Balaban J connectivity index is 1.20. The van der Waals surface area contributed by atoms with Gasteiger partial charge in [-0.3, -0.25) is 10.2 Å². The van der Waals surface area contributed by atoms with Crippen LogP contribution in [0, 0.1) is 5.92 Å². The number of amides is 1. The van der Waals surface area contributed by atoms with E-state index >= 15 is 0 Å². The molecule has 164 valence electrons. The Labute approximate surface area is 181 Å². The van der Waals surface area contributed by atoms with Crippen LogP contribution in [0.3, 0.4) is 0 Å². The second-order valence-corrected chi connectivity index (χ2v) is 7.85. The Morgan fingerprint density at radius 1 is 1.10 bits per heavy atom. The minimum atomic E-state index is -0.233. The highest BCUT2D eigenvalue weighted by molar-refractivity contribution is 5.80. The second kappa shape index (κ2) is 9.09. The molecule has 3 N–H and O–H groups in total. The van der Waals surface area contributed by atoms with Gasteiger partial charge in [0, 0.05) is 32.4 Å². The Kier molecular flexibility index (Phi) is 5.88. The maximum absolute atomic E-state index is 12.9. The number of nitrogens with one attached hydrogen (secondary N) is 3. The molecule has 0 bridgehead atoms. The SMILES string of the molecule is O=C(NCc1ccc(N2CCOCC2)nc1)C1CNNC1c1ccc2c(c1)OCCO2. The quantitative estimate of drug-likeness (QED) is 0.647. The predicted molar refractivity (Wildman–Crippen MR) is 114 cm³/mol. The summed E-state index contributed by atoms with van der Waals surface area (Å²) in [6, 6.07) is 9.71. The molecule has 0 aliphatic carbocycles. The summed E-state index contributed by atoms with van der Waals surface area (Å²) in [4.78, 5) is 19.7. The first kappa shape index (κ1) is 20.0. The third kappa shape index (κ3) is 4.43. The molecule has 2 unspecified atom stereocenters. The van der Waals surface area contributed by atoms with Crippen LogP contribution >= 0.6 is 0 Å². The van der Waals surface area contributed by atoms with Crippen molar-refractivity contribution in [3.05, 3.63) is 47.7 Å². The van der Waals surface area contributed by atoms with Gasteiger partial charge in [0.1, 0.15) is 19.0 Å². The largest absolute Gasteiger partial charge is 0.486 e. The molecule has 0 saturated carbocycles. The van der Waals surface area contributed by atoms with Gasteiger partial charge in [0.2, 0.25) is 5.91 Å². The van der Waals surface area contributed by atoms with Gasteiger partial charge in [-0.1, -0.05) is 12.1 Å². The van der Waals surface area contributed by atoms with E-state index in [4.69, 9.17) is 14.2 Å². The Hall–Kier alpha value is -2.88. The number of benzene rings is 1. The number of rotatable bonds is 5. The van der Waals surface area contributed by atoms with E-state index in [1.165, 1.54) is 0 Å². The van der Waals surface area contributed by atoms with Crippen molar-refractivity contribution >= 4 is 11.7 Å². The average molecular weight is 425 g/mol. The van der Waals surface area contributed by atoms with Gasteiger partial charge in [0.25, 0.3) is 0 Å². The first-order valence-corrected chi connectivity index (χ1v) is 10.7. The number of hydrogen-bond donors (Lipinski definition) is 3. The van der Waals surface area contributed by atoms with E-state index in [1.807, 2.05) is 36.5 Å². The molecule has 2 saturated heterocycles. The number of carbonyl (C=O) groups excluding carboxylic acids is 1. The van der Waals surface area contributed by atoms with Crippen molar-refractivity contribution in [1.82, 2.24) is 21.2 Å². The number of fused-ring (bicyclic) bond motifs is 1. The average Bonchev–Trinajstić information content (AvgIpc) is 3.33. The van der Waals surface area contributed by atoms with Crippen LogP contribution in [-0.2, 0) is 16.1 Å². The molecule has 1 aromatic heterocycles. The highest BCUT2D eigenvalue weighted by Crippen LogP contribution is 2.35. The Bertz CT molecular complexity index is 917. The molecule has 0 radical (unpaired) electrons. The molecule has 3 aliphatic heterocycles. The van der Waals surface area contributed by atoms with E-state index < -0.39 is 0 Å². The van der Waals surface area contributed by atoms with E-state index in [0.717, 1.165) is 54.7 Å². The number of morpholine rings is 1. The summed E-state index contributed by atoms with van der Waals surface area (Å²) in [5.41, 5.74) is 8.29. The normalized spacial score (nSPS) is 22.9. The van der Waals surface area contributed by atoms with Crippen LogP contribution in [-0.4, -0.2) is 57.0 Å². The molecule has 1 amide bonds. The van der Waals surface area contributed by atoms with Crippen LogP contribution in [0.15, 0.2) is 36.5 Å². The molecule has 1 aromatic carbocycles. The molecule has 2 atom stereocenters. The summed E-state index contributed by atoms with van der Waals surface area (Å²) in [6.45, 7) is 5.26. The Morgan fingerprint density at radius 3 is 2.74 bits per heavy atom. The molecule has 9 heteroatoms. The molecule has 31 heavy (non-hydrogen) atoms. The monoisotopic (exact) mass is 425 g/mol. The first-order valence-electron chi connectivity index (χ1n) is 10.7. The van der Waals surface area contributed by atoms with Crippen LogP contribution < -0.4 is 30.5 Å². The van der Waals surface area contributed by atoms with E-state index in [9.17, 15) is 4.79 Å². The van der Waals surface area contributed by atoms with Crippen molar-refractivity contribution < 1.29 is 19.0 Å². The number of carbonyl (C=O) groups is 1. The third-order valence-electron chi connectivity index (χ3n) is 5.85. The molecule has 5 rings (SSSR count). The topological polar surface area (TPSA) is 97.0 Å². The summed E-state index contributed by atoms with van der Waals surface area (Å²) in [5.74, 6) is 2.18. The number of hydrogen-bond acceptors (Lipinski definition) is 8. The molecule has 2 fully saturated rings. The van der Waals surface area contributed by atoms with Gasteiger partial charge in [-0.25, -0.2) is 10.4 Å². The summed E-state index contributed by atoms with van der Waals surface area (Å²) in [6.07, 6.45) is 1.83. The van der Waals surface area contributed by atoms with Crippen molar-refractivity contribution in [1.29, 1.82) is 0 Å². The minimum absolute atomic E-state index is 0.00496. The zero-order valence-electron chi connectivity index (χ0n) is 17.3. The maximum Gasteiger partial charge on any atom is 0.226 e. The first-order chi connectivity index (χ1) is 15.3. The standard InChI is InChI=1S/C22H27N5O4/c28-22(24-13-15-1-4-20(23-12-15)27-5-7-29-8-6-27)17-14-25-26-21(17)16-2-3-18-19(11-16)31-10-9-30-18/h1-4,11-12,17,21,25-26H,5-10,13-14H2,(H,24,28). The van der Waals surface area contributed by atoms with Crippen molar-refractivity contribution in [3.63, 3.8) is 0 Å². The number of nitrogens with zero attached hydrogens (tertiary/aromatic N) is 2. The van der Waals surface area contributed by atoms with E-state index in [0.29, 0.717) is 26.3 Å². The summed E-state index contributed by atoms with van der Waals surface area (Å²) in [7, 11) is 0. The van der Waals surface area contributed by atoms with Crippen LogP contribution in [0.5, 0.6) is 11.5 Å². The zero-order chi connectivity index (χ0) is 21.0. The van der Waals surface area contributed by atoms with Gasteiger partial charge in [0.15, 0.2) is 11.5 Å². The van der Waals surface area contributed by atoms with Gasteiger partial charge in [-0.05, 0) is 29.3 Å². The highest BCUT2D eigenvalue weighted by Gasteiger charge is 2.34. The van der Waals surface area contributed by atoms with Crippen LogP contribution in [0.2, 0.25) is 0 Å². The van der Waals surface area contributed by atoms with Gasteiger partial charge >= 0.3 is 0 Å². The minimum Gasteiger partial charge on any atom is -0.486 e. The maximum atomic E-state index is 12.9. The fraction of sp³-hybridized carbons (Fsp3) is 0.455. The van der Waals surface area contributed by atoms with Crippen LogP contribution in [0.4, 0.5) is 5.82 Å². The van der Waals surface area contributed by atoms with Gasteiger partial charge < -0.3 is 24.4 Å². The molecular weight excluding hydrogens is 398 g/mol. The number of anilines is 1. The summed E-state index contributed by atoms with van der Waals surface area (Å²) < 4.78 is 16.7. The van der Waals surface area contributed by atoms with E-state index in [2.05, 4.69) is 26.1 Å². The smallest absolute Gasteiger partial charge is 0.226 e. The van der Waals surface area contributed by atoms with Crippen molar-refractivity contribution in [2.75, 3.05) is 51.0 Å². The van der Waals surface area contributed by atoms with Gasteiger partial charge in [-0.2, -0.15) is 0 Å². The van der Waals surface area contributed by atoms with Crippen molar-refractivity contribution in [3.8, 4) is 11.5 Å². The number of hydrazine groups is 1. The van der Waals surface area contributed by atoms with Gasteiger partial charge in [0.05, 0.1) is 25.2 Å². The summed E-state index contributed by atoms with van der Waals surface area (Å²) >= 11 is 0. The lowest BCUT2D eigenvalue weighted by Gasteiger charge is -2.27. The lowest BCUT2D eigenvalue weighted by molar-refractivity contribution is -0.125. The molecular formula is C22H27N5O4. The number of ether oxygens (including phenoxy) is 3. The molecule has 0 spiro atoms. The molecule has 4 heterocycles. The summed E-state index contributed by atoms with van der Waals surface area (Å²) in [5, 5.41) is 3.05. The molecule has 3 aliphatic rings. The molecule has 9 nitrogen and oxygen atoms in total. The van der Waals surface area contributed by atoms with Crippen molar-refractivity contribution in [2.45, 2.75) is 12.6 Å². The van der Waals surface area contributed by atoms with E-state index in [-0.39, 0.29) is 17.9 Å². The Morgan fingerprint density at radius 2 is 1.94 bits per heavy atom. The predicted octanol–water partition coefficient (Wildman–Crippen LogP) is 0.771. The number of aromatic nitrogens is 1. The van der Waals surface area contributed by atoms with Gasteiger partial charge in [-0.15, -0.1) is 0 Å².